The molecule has 3 heterocycles. The Morgan fingerprint density at radius 1 is 1.14 bits per heavy atom. The van der Waals surface area contributed by atoms with Crippen LogP contribution in [0.25, 0.3) is 10.6 Å². The number of hydrogen-bond donors (Lipinski definition) is 0. The molecule has 2 unspecified atom stereocenters. The fourth-order valence-electron chi connectivity index (χ4n) is 3.57. The van der Waals surface area contributed by atoms with Gasteiger partial charge in [0.2, 0.25) is 0 Å². The zero-order valence-corrected chi connectivity index (χ0v) is 13.2. The molecule has 116 valence electrons. The molecule has 2 aliphatic rings. The summed E-state index contributed by atoms with van der Waals surface area (Å²) < 4.78 is 19.0. The first-order valence-electron chi connectivity index (χ1n) is 7.67. The van der Waals surface area contributed by atoms with Crippen LogP contribution >= 0.6 is 11.3 Å². The predicted octanol–water partition coefficient (Wildman–Crippen LogP) is 3.35. The number of fused-ring (bicyclic) bond motifs is 2. The first-order valence-corrected chi connectivity index (χ1v) is 8.49. The zero-order chi connectivity index (χ0) is 15.1. The highest BCUT2D eigenvalue weighted by atomic mass is 32.1. The molecule has 2 aromatic rings. The number of nitrogens with zero attached hydrogens (tertiary/aromatic N) is 3. The smallest absolute Gasteiger partial charge is 0.294 e. The van der Waals surface area contributed by atoms with Gasteiger partial charge in [0.25, 0.3) is 5.19 Å². The van der Waals surface area contributed by atoms with Gasteiger partial charge in [0.15, 0.2) is 5.01 Å². The summed E-state index contributed by atoms with van der Waals surface area (Å²) in [6, 6.07) is 7.60. The van der Waals surface area contributed by atoms with E-state index in [9.17, 15) is 4.39 Å². The molecule has 0 radical (unpaired) electrons. The highest BCUT2D eigenvalue weighted by Gasteiger charge is 2.39. The Morgan fingerprint density at radius 2 is 1.82 bits per heavy atom. The number of benzene rings is 1. The standard InChI is InChI=1S/C16H18FN3OS/c1-20-12-6-7-13(20)9-14(8-12)21-16-19-18-15(22-16)10-2-4-11(17)5-3-10/h2-5,12-14H,6-9H2,1H3. The Labute approximate surface area is 132 Å². The average molecular weight is 319 g/mol. The van der Waals surface area contributed by atoms with Gasteiger partial charge in [-0.3, -0.25) is 0 Å². The number of halogens is 1. The van der Waals surface area contributed by atoms with E-state index in [0.29, 0.717) is 17.3 Å². The molecule has 0 amide bonds. The second-order valence-electron chi connectivity index (χ2n) is 6.14. The Morgan fingerprint density at radius 3 is 2.50 bits per heavy atom. The minimum atomic E-state index is -0.244. The molecule has 0 N–H and O–H groups in total. The van der Waals surface area contributed by atoms with E-state index >= 15 is 0 Å². The molecule has 22 heavy (non-hydrogen) atoms. The van der Waals surface area contributed by atoms with Crippen molar-refractivity contribution in [1.82, 2.24) is 15.1 Å². The Balaban J connectivity index is 1.45. The molecule has 0 saturated carbocycles. The lowest BCUT2D eigenvalue weighted by Gasteiger charge is -2.35. The summed E-state index contributed by atoms with van der Waals surface area (Å²) in [5, 5.41) is 9.69. The number of rotatable bonds is 3. The van der Waals surface area contributed by atoms with Gasteiger partial charge in [-0.05, 0) is 57.0 Å². The molecule has 2 saturated heterocycles. The summed E-state index contributed by atoms with van der Waals surface area (Å²) in [5.41, 5.74) is 0.872. The van der Waals surface area contributed by atoms with Gasteiger partial charge in [-0.2, -0.15) is 0 Å². The Bertz CT molecular complexity index is 646. The van der Waals surface area contributed by atoms with Crippen LogP contribution in [0.2, 0.25) is 0 Å². The summed E-state index contributed by atoms with van der Waals surface area (Å²) in [6.07, 6.45) is 4.93. The van der Waals surface area contributed by atoms with Gasteiger partial charge >= 0.3 is 0 Å². The van der Waals surface area contributed by atoms with E-state index in [-0.39, 0.29) is 11.9 Å². The van der Waals surface area contributed by atoms with Gasteiger partial charge in [-0.25, -0.2) is 4.39 Å². The molecule has 0 spiro atoms. The number of ether oxygens (including phenoxy) is 1. The molecule has 2 atom stereocenters. The van der Waals surface area contributed by atoms with Gasteiger partial charge in [-0.1, -0.05) is 16.4 Å². The lowest BCUT2D eigenvalue weighted by Crippen LogP contribution is -2.43. The fraction of sp³-hybridized carbons (Fsp3) is 0.500. The predicted molar refractivity (Wildman–Crippen MR) is 83.5 cm³/mol. The first kappa shape index (κ1) is 14.1. The van der Waals surface area contributed by atoms with Crippen LogP contribution in [0, 0.1) is 5.82 Å². The van der Waals surface area contributed by atoms with Crippen LogP contribution in [0.4, 0.5) is 4.39 Å². The maximum atomic E-state index is 13.0. The van der Waals surface area contributed by atoms with Gasteiger partial charge < -0.3 is 9.64 Å². The van der Waals surface area contributed by atoms with Gasteiger partial charge in [0, 0.05) is 17.6 Å². The molecule has 4 nitrogen and oxygen atoms in total. The molecule has 2 bridgehead atoms. The number of aromatic nitrogens is 2. The summed E-state index contributed by atoms with van der Waals surface area (Å²) in [5.74, 6) is -0.244. The monoisotopic (exact) mass is 319 g/mol. The van der Waals surface area contributed by atoms with Crippen molar-refractivity contribution < 1.29 is 9.13 Å². The highest BCUT2D eigenvalue weighted by Crippen LogP contribution is 2.37. The maximum absolute atomic E-state index is 13.0. The Hall–Kier alpha value is -1.53. The normalized spacial score (nSPS) is 28.0. The topological polar surface area (TPSA) is 38.2 Å². The van der Waals surface area contributed by atoms with Crippen LogP contribution in [0.5, 0.6) is 5.19 Å². The molecular formula is C16H18FN3OS. The van der Waals surface area contributed by atoms with Gasteiger partial charge in [-0.15, -0.1) is 5.10 Å². The molecule has 1 aromatic heterocycles. The van der Waals surface area contributed by atoms with E-state index in [4.69, 9.17) is 4.74 Å². The quantitative estimate of drug-likeness (QED) is 0.869. The summed E-state index contributed by atoms with van der Waals surface area (Å²) >= 11 is 1.43. The van der Waals surface area contributed by atoms with Crippen LogP contribution in [0.1, 0.15) is 25.7 Å². The van der Waals surface area contributed by atoms with Crippen LogP contribution in [-0.4, -0.2) is 40.3 Å². The van der Waals surface area contributed by atoms with E-state index < -0.39 is 0 Å². The van der Waals surface area contributed by atoms with E-state index in [1.165, 1.54) is 36.3 Å². The first-order chi connectivity index (χ1) is 10.7. The minimum Gasteiger partial charge on any atom is -0.465 e. The van der Waals surface area contributed by atoms with Crippen molar-refractivity contribution in [2.45, 2.75) is 43.9 Å². The molecule has 4 rings (SSSR count). The van der Waals surface area contributed by atoms with Crippen molar-refractivity contribution in [2.75, 3.05) is 7.05 Å². The third-order valence-electron chi connectivity index (χ3n) is 4.82. The van der Waals surface area contributed by atoms with Crippen molar-refractivity contribution in [3.63, 3.8) is 0 Å². The van der Waals surface area contributed by atoms with Gasteiger partial charge in [0.1, 0.15) is 11.9 Å². The van der Waals surface area contributed by atoms with Crippen molar-refractivity contribution in [3.8, 4) is 15.8 Å². The summed E-state index contributed by atoms with van der Waals surface area (Å²) in [7, 11) is 2.22. The fourth-order valence-corrected chi connectivity index (χ4v) is 4.33. The van der Waals surface area contributed by atoms with Crippen molar-refractivity contribution in [3.05, 3.63) is 30.1 Å². The van der Waals surface area contributed by atoms with Crippen LogP contribution < -0.4 is 4.74 Å². The molecule has 6 heteroatoms. The molecule has 1 aromatic carbocycles. The summed E-state index contributed by atoms with van der Waals surface area (Å²) in [6.45, 7) is 0. The van der Waals surface area contributed by atoms with E-state index in [2.05, 4.69) is 22.1 Å². The second-order valence-corrected chi connectivity index (χ2v) is 7.08. The molecular weight excluding hydrogens is 301 g/mol. The van der Waals surface area contributed by atoms with E-state index in [0.717, 1.165) is 23.4 Å². The molecule has 0 aliphatic carbocycles. The molecule has 2 fully saturated rings. The third-order valence-corrected chi connectivity index (χ3v) is 5.68. The maximum Gasteiger partial charge on any atom is 0.294 e. The zero-order valence-electron chi connectivity index (χ0n) is 12.4. The van der Waals surface area contributed by atoms with Crippen LogP contribution in [0.3, 0.4) is 0 Å². The van der Waals surface area contributed by atoms with E-state index in [1.807, 2.05) is 0 Å². The average Bonchev–Trinajstić information content (AvgIpc) is 3.03. The Kier molecular flexibility index (Phi) is 3.58. The lowest BCUT2D eigenvalue weighted by molar-refractivity contribution is 0.0655. The van der Waals surface area contributed by atoms with Crippen molar-refractivity contribution in [2.24, 2.45) is 0 Å². The SMILES string of the molecule is CN1C2CCC1CC(Oc1nnc(-c3ccc(F)cc3)s1)C2. The van der Waals surface area contributed by atoms with Crippen molar-refractivity contribution >= 4 is 11.3 Å². The highest BCUT2D eigenvalue weighted by molar-refractivity contribution is 7.16. The third kappa shape index (κ3) is 2.61. The lowest BCUT2D eigenvalue weighted by atomic mass is 10.0. The van der Waals surface area contributed by atoms with Crippen molar-refractivity contribution in [1.29, 1.82) is 0 Å². The van der Waals surface area contributed by atoms with Gasteiger partial charge in [0.05, 0.1) is 0 Å². The summed E-state index contributed by atoms with van der Waals surface area (Å²) in [4.78, 5) is 2.49. The van der Waals surface area contributed by atoms with Crippen LogP contribution in [-0.2, 0) is 0 Å². The minimum absolute atomic E-state index is 0.239. The number of piperidine rings is 1. The van der Waals surface area contributed by atoms with Crippen LogP contribution in [0.15, 0.2) is 24.3 Å². The largest absolute Gasteiger partial charge is 0.465 e. The molecule has 2 aliphatic heterocycles. The van der Waals surface area contributed by atoms with E-state index in [1.54, 1.807) is 12.1 Å². The number of hydrogen-bond acceptors (Lipinski definition) is 5. The second kappa shape index (κ2) is 5.59.